The zero-order valence-corrected chi connectivity index (χ0v) is 17.3. The van der Waals surface area contributed by atoms with Crippen LogP contribution in [-0.2, 0) is 14.3 Å². The number of benzene rings is 1. The van der Waals surface area contributed by atoms with E-state index in [1.165, 1.54) is 16.7 Å². The highest BCUT2D eigenvalue weighted by Crippen LogP contribution is 2.47. The second-order valence-electron chi connectivity index (χ2n) is 8.29. The molecule has 2 fully saturated rings. The number of carboxylic acid groups (broad SMARTS) is 1. The second kappa shape index (κ2) is 7.31. The monoisotopic (exact) mass is 406 g/mol. The summed E-state index contributed by atoms with van der Waals surface area (Å²) in [5.41, 5.74) is -1.07. The lowest BCUT2D eigenvalue weighted by Gasteiger charge is -2.36. The van der Waals surface area contributed by atoms with Crippen molar-refractivity contribution in [3.8, 4) is 0 Å². The summed E-state index contributed by atoms with van der Waals surface area (Å²) in [5, 5.41) is 12.1. The van der Waals surface area contributed by atoms with Crippen molar-refractivity contribution in [2.24, 2.45) is 0 Å². The van der Waals surface area contributed by atoms with Crippen LogP contribution in [0, 0.1) is 0 Å². The van der Waals surface area contributed by atoms with E-state index in [0.29, 0.717) is 12.2 Å². The zero-order valence-electron chi connectivity index (χ0n) is 16.5. The van der Waals surface area contributed by atoms with E-state index in [2.05, 4.69) is 5.32 Å². The predicted molar refractivity (Wildman–Crippen MR) is 106 cm³/mol. The van der Waals surface area contributed by atoms with E-state index in [0.717, 1.165) is 5.56 Å². The van der Waals surface area contributed by atoms with Crippen LogP contribution in [-0.4, -0.2) is 56.3 Å². The molecule has 2 heterocycles. The van der Waals surface area contributed by atoms with E-state index in [4.69, 9.17) is 4.74 Å². The molecule has 2 amide bonds. The highest BCUT2D eigenvalue weighted by Gasteiger charge is 2.61. The van der Waals surface area contributed by atoms with Crippen LogP contribution in [0.5, 0.6) is 0 Å². The predicted octanol–water partition coefficient (Wildman–Crippen LogP) is 2.81. The summed E-state index contributed by atoms with van der Waals surface area (Å²) in [4.78, 5) is 39.2. The van der Waals surface area contributed by atoms with Crippen molar-refractivity contribution in [1.29, 1.82) is 0 Å². The molecule has 8 heteroatoms. The second-order valence-corrected chi connectivity index (χ2v) is 9.50. The Balaban J connectivity index is 1.98. The number of ether oxygens (including phenoxy) is 1. The Bertz CT molecular complexity index is 779. The minimum atomic E-state index is -1.25. The molecule has 152 valence electrons. The normalized spacial score (nSPS) is 28.0. The number of carbonyl (C=O) groups excluding carboxylic acids is 2. The Morgan fingerprint density at radius 2 is 1.96 bits per heavy atom. The van der Waals surface area contributed by atoms with Crippen LogP contribution < -0.4 is 5.32 Å². The summed E-state index contributed by atoms with van der Waals surface area (Å²) in [7, 11) is 0. The number of alkyl carbamates (subject to hydrolysis) is 1. The number of fused-ring (bicyclic) bond motifs is 1. The van der Waals surface area contributed by atoms with Gasteiger partial charge >= 0.3 is 12.1 Å². The number of thioether (sulfide) groups is 1. The Morgan fingerprint density at radius 3 is 2.54 bits per heavy atom. The Labute approximate surface area is 168 Å². The van der Waals surface area contributed by atoms with E-state index in [1.807, 2.05) is 37.3 Å². The molecule has 0 spiro atoms. The molecule has 2 N–H and O–H groups in total. The van der Waals surface area contributed by atoms with Crippen LogP contribution in [0.1, 0.15) is 45.6 Å². The average molecular weight is 407 g/mol. The SMILES string of the molecule is CC(c1ccccc1)[C@]1(NC(=O)OC(C)(C)C)C[C@@H]2SC[C@@H](C(=O)O)N2C1=O. The fourth-order valence-corrected chi connectivity index (χ4v) is 5.35. The van der Waals surface area contributed by atoms with Gasteiger partial charge in [-0.15, -0.1) is 11.8 Å². The minimum absolute atomic E-state index is 0.283. The molecule has 1 aromatic rings. The number of carboxylic acids is 1. The smallest absolute Gasteiger partial charge is 0.408 e. The van der Waals surface area contributed by atoms with Crippen LogP contribution in [0.3, 0.4) is 0 Å². The summed E-state index contributed by atoms with van der Waals surface area (Å²) in [6.07, 6.45) is -0.350. The molecule has 0 aromatic heterocycles. The first-order chi connectivity index (χ1) is 13.0. The van der Waals surface area contributed by atoms with Gasteiger partial charge in [-0.05, 0) is 26.3 Å². The van der Waals surface area contributed by atoms with Crippen LogP contribution in [0.4, 0.5) is 4.79 Å². The van der Waals surface area contributed by atoms with Crippen LogP contribution >= 0.6 is 11.8 Å². The molecule has 0 radical (unpaired) electrons. The number of nitrogens with one attached hydrogen (secondary N) is 1. The van der Waals surface area contributed by atoms with Gasteiger partial charge < -0.3 is 20.1 Å². The Morgan fingerprint density at radius 1 is 1.32 bits per heavy atom. The molecular weight excluding hydrogens is 380 g/mol. The van der Waals surface area contributed by atoms with Gasteiger partial charge in [0.15, 0.2) is 0 Å². The van der Waals surface area contributed by atoms with Crippen LogP contribution in [0.15, 0.2) is 30.3 Å². The lowest BCUT2D eigenvalue weighted by molar-refractivity contribution is -0.148. The van der Waals surface area contributed by atoms with E-state index in [1.54, 1.807) is 20.8 Å². The summed E-state index contributed by atoms with van der Waals surface area (Å²) in [6.45, 7) is 7.15. The number of nitrogens with zero attached hydrogens (tertiary/aromatic N) is 1. The van der Waals surface area contributed by atoms with Gasteiger partial charge in [0.05, 0.1) is 5.37 Å². The van der Waals surface area contributed by atoms with Crippen molar-refractivity contribution in [3.63, 3.8) is 0 Å². The molecule has 1 unspecified atom stereocenters. The Kier molecular flexibility index (Phi) is 5.36. The summed E-state index contributed by atoms with van der Waals surface area (Å²) >= 11 is 1.44. The van der Waals surface area contributed by atoms with Gasteiger partial charge in [-0.1, -0.05) is 37.3 Å². The molecule has 4 atom stereocenters. The minimum Gasteiger partial charge on any atom is -0.480 e. The zero-order chi connectivity index (χ0) is 20.7. The average Bonchev–Trinajstić information content (AvgIpc) is 3.12. The highest BCUT2D eigenvalue weighted by atomic mass is 32.2. The summed E-state index contributed by atoms with van der Waals surface area (Å²) in [6, 6.07) is 8.57. The fraction of sp³-hybridized carbons (Fsp3) is 0.550. The van der Waals surface area contributed by atoms with E-state index in [9.17, 15) is 19.5 Å². The number of amides is 2. The molecule has 2 aliphatic heterocycles. The third-order valence-electron chi connectivity index (χ3n) is 5.25. The molecule has 0 aliphatic carbocycles. The molecule has 0 saturated carbocycles. The highest BCUT2D eigenvalue weighted by molar-refractivity contribution is 8.00. The molecule has 7 nitrogen and oxygen atoms in total. The third kappa shape index (κ3) is 3.70. The number of carbonyl (C=O) groups is 3. The van der Waals surface area contributed by atoms with Crippen molar-refractivity contribution in [1.82, 2.24) is 10.2 Å². The lowest BCUT2D eigenvalue weighted by atomic mass is 9.79. The maximum Gasteiger partial charge on any atom is 0.408 e. The quantitative estimate of drug-likeness (QED) is 0.798. The molecule has 2 saturated heterocycles. The van der Waals surface area contributed by atoms with Crippen molar-refractivity contribution in [2.45, 2.75) is 62.6 Å². The first-order valence-corrected chi connectivity index (χ1v) is 10.3. The molecule has 1 aromatic carbocycles. The summed E-state index contributed by atoms with van der Waals surface area (Å²) in [5.74, 6) is -1.39. The van der Waals surface area contributed by atoms with Crippen molar-refractivity contribution < 1.29 is 24.2 Å². The first-order valence-electron chi connectivity index (χ1n) is 9.28. The largest absolute Gasteiger partial charge is 0.480 e. The maximum absolute atomic E-state index is 13.5. The first kappa shape index (κ1) is 20.5. The van der Waals surface area contributed by atoms with Crippen molar-refractivity contribution in [3.05, 3.63) is 35.9 Å². The van der Waals surface area contributed by atoms with Gasteiger partial charge in [-0.25, -0.2) is 9.59 Å². The Hall–Kier alpha value is -2.22. The molecule has 0 bridgehead atoms. The number of rotatable bonds is 4. The van der Waals surface area contributed by atoms with Crippen molar-refractivity contribution >= 4 is 29.7 Å². The van der Waals surface area contributed by atoms with Gasteiger partial charge in [-0.2, -0.15) is 0 Å². The van der Waals surface area contributed by atoms with Gasteiger partial charge in [0.2, 0.25) is 0 Å². The fourth-order valence-electron chi connectivity index (χ4n) is 3.86. The molecule has 28 heavy (non-hydrogen) atoms. The van der Waals surface area contributed by atoms with Crippen LogP contribution in [0.2, 0.25) is 0 Å². The van der Waals surface area contributed by atoms with E-state index < -0.39 is 29.2 Å². The molecule has 3 rings (SSSR count). The van der Waals surface area contributed by atoms with Crippen LogP contribution in [0.25, 0.3) is 0 Å². The lowest BCUT2D eigenvalue weighted by Crippen LogP contribution is -2.59. The molecular formula is C20H26N2O5S. The molecule has 2 aliphatic rings. The van der Waals surface area contributed by atoms with Gasteiger partial charge in [0, 0.05) is 18.1 Å². The van der Waals surface area contributed by atoms with Gasteiger partial charge in [-0.3, -0.25) is 4.79 Å². The topological polar surface area (TPSA) is 95.9 Å². The van der Waals surface area contributed by atoms with Crippen molar-refractivity contribution in [2.75, 3.05) is 5.75 Å². The summed E-state index contributed by atoms with van der Waals surface area (Å²) < 4.78 is 5.41. The number of hydrogen-bond donors (Lipinski definition) is 2. The van der Waals surface area contributed by atoms with E-state index >= 15 is 0 Å². The number of hydrogen-bond acceptors (Lipinski definition) is 5. The van der Waals surface area contributed by atoms with Gasteiger partial charge in [0.1, 0.15) is 17.2 Å². The standard InChI is InChI=1S/C20H26N2O5S/c1-12(13-8-6-5-7-9-13)20(21-18(26)27-19(2,3)4)10-15-22(17(20)25)14(11-28-15)16(23)24/h5-9,12,14-15H,10-11H2,1-4H3,(H,21,26)(H,23,24)/t12?,14-,15-,20+/m0/s1. The number of aliphatic carboxylic acids is 1. The maximum atomic E-state index is 13.5. The van der Waals surface area contributed by atoms with E-state index in [-0.39, 0.29) is 17.2 Å². The third-order valence-corrected chi connectivity index (χ3v) is 6.54. The van der Waals surface area contributed by atoms with Gasteiger partial charge in [0.25, 0.3) is 5.91 Å².